The number of sulfonamides is 1. The number of amides is 1. The van der Waals surface area contributed by atoms with Crippen molar-refractivity contribution in [3.63, 3.8) is 0 Å². The third-order valence-electron chi connectivity index (χ3n) is 4.36. The molecule has 0 saturated heterocycles. The third kappa shape index (κ3) is 5.05. The van der Waals surface area contributed by atoms with Crippen molar-refractivity contribution >= 4 is 33.6 Å². The maximum atomic E-state index is 12.5. The molecule has 1 atom stereocenters. The topological polar surface area (TPSA) is 158 Å². The predicted octanol–water partition coefficient (Wildman–Crippen LogP) is 1.50. The number of carbonyl (C=O) groups excluding carboxylic acids is 3. The van der Waals surface area contributed by atoms with Crippen LogP contribution in [0.2, 0.25) is 0 Å². The summed E-state index contributed by atoms with van der Waals surface area (Å²) in [5, 5.41) is 7.53. The highest BCUT2D eigenvalue weighted by molar-refractivity contribution is 7.89. The highest BCUT2D eigenvalue weighted by Gasteiger charge is 2.27. The molecule has 0 spiro atoms. The van der Waals surface area contributed by atoms with Crippen LogP contribution >= 0.6 is 0 Å². The van der Waals surface area contributed by atoms with Crippen molar-refractivity contribution in [3.05, 3.63) is 46.8 Å². The number of hydrogen-bond donors (Lipinski definition) is 3. The molecule has 1 amide bonds. The highest BCUT2D eigenvalue weighted by Crippen LogP contribution is 2.21. The van der Waals surface area contributed by atoms with E-state index >= 15 is 0 Å². The Morgan fingerprint density at radius 3 is 2.47 bits per heavy atom. The number of nitrogens with one attached hydrogen (secondary N) is 2. The number of carbonyl (C=O) groups is 3. The van der Waals surface area contributed by atoms with E-state index in [2.05, 4.69) is 10.3 Å². The lowest BCUT2D eigenvalue weighted by atomic mass is 10.1. The summed E-state index contributed by atoms with van der Waals surface area (Å²) in [6.07, 6.45) is -0.750. The molecule has 0 aliphatic carbocycles. The first kappa shape index (κ1) is 23.1. The number of methoxy groups -OCH3 is 1. The Kier molecular flexibility index (Phi) is 7.00. The molecule has 1 heterocycles. The summed E-state index contributed by atoms with van der Waals surface area (Å²) in [5.41, 5.74) is 1.35. The summed E-state index contributed by atoms with van der Waals surface area (Å²) in [7, 11) is -2.69. The van der Waals surface area contributed by atoms with E-state index in [4.69, 9.17) is 14.6 Å². The number of H-pyrrole nitrogens is 1. The summed E-state index contributed by atoms with van der Waals surface area (Å²) >= 11 is 0. The van der Waals surface area contributed by atoms with Crippen LogP contribution in [0.4, 0.5) is 5.69 Å². The average molecular weight is 437 g/mol. The van der Waals surface area contributed by atoms with E-state index in [1.807, 2.05) is 0 Å². The molecule has 2 rings (SSSR count). The fourth-order valence-corrected chi connectivity index (χ4v) is 3.33. The van der Waals surface area contributed by atoms with Gasteiger partial charge in [-0.3, -0.25) is 4.79 Å². The Morgan fingerprint density at radius 1 is 1.23 bits per heavy atom. The zero-order valence-electron chi connectivity index (χ0n) is 16.9. The molecule has 1 unspecified atom stereocenters. The number of benzene rings is 1. The summed E-state index contributed by atoms with van der Waals surface area (Å²) in [5.74, 6) is -2.08. The van der Waals surface area contributed by atoms with Gasteiger partial charge in [0, 0.05) is 11.4 Å². The van der Waals surface area contributed by atoms with Crippen molar-refractivity contribution in [2.45, 2.75) is 38.2 Å². The van der Waals surface area contributed by atoms with Gasteiger partial charge in [0.05, 0.1) is 17.6 Å². The van der Waals surface area contributed by atoms with Gasteiger partial charge < -0.3 is 19.8 Å². The lowest BCUT2D eigenvalue weighted by Gasteiger charge is -2.14. The Bertz CT molecular complexity index is 1090. The number of primary sulfonamides is 1. The molecular formula is C19H23N3O7S. The number of aryl methyl sites for hydroxylation is 1. The van der Waals surface area contributed by atoms with Gasteiger partial charge in [0.1, 0.15) is 5.69 Å². The first-order valence-electron chi connectivity index (χ1n) is 8.94. The zero-order valence-corrected chi connectivity index (χ0v) is 17.8. The smallest absolute Gasteiger partial charge is 0.355 e. The molecule has 0 radical (unpaired) electrons. The van der Waals surface area contributed by atoms with Crippen molar-refractivity contribution in [1.29, 1.82) is 0 Å². The molecule has 2 aromatic rings. The number of esters is 2. The molecule has 4 N–H and O–H groups in total. The Morgan fingerprint density at radius 2 is 1.90 bits per heavy atom. The quantitative estimate of drug-likeness (QED) is 0.554. The third-order valence-corrected chi connectivity index (χ3v) is 5.27. The van der Waals surface area contributed by atoms with Gasteiger partial charge in [-0.2, -0.15) is 0 Å². The maximum absolute atomic E-state index is 12.5. The van der Waals surface area contributed by atoms with Gasteiger partial charge in [-0.05, 0) is 44.0 Å². The van der Waals surface area contributed by atoms with Crippen molar-refractivity contribution in [1.82, 2.24) is 4.98 Å². The van der Waals surface area contributed by atoms with Crippen LogP contribution < -0.4 is 10.5 Å². The Hall–Kier alpha value is -3.18. The lowest BCUT2D eigenvalue weighted by Crippen LogP contribution is -2.30. The van der Waals surface area contributed by atoms with E-state index < -0.39 is 34.0 Å². The van der Waals surface area contributed by atoms with Crippen molar-refractivity contribution < 1.29 is 32.3 Å². The predicted molar refractivity (Wildman–Crippen MR) is 108 cm³/mol. The molecule has 1 aromatic heterocycles. The fraction of sp³-hybridized carbons (Fsp3) is 0.316. The molecule has 1 aromatic carbocycles. The van der Waals surface area contributed by atoms with Crippen LogP contribution in [0, 0.1) is 6.92 Å². The highest BCUT2D eigenvalue weighted by atomic mass is 32.2. The van der Waals surface area contributed by atoms with E-state index in [9.17, 15) is 22.8 Å². The van der Waals surface area contributed by atoms with Crippen molar-refractivity contribution in [3.8, 4) is 0 Å². The van der Waals surface area contributed by atoms with Crippen LogP contribution in [0.3, 0.4) is 0 Å². The van der Waals surface area contributed by atoms with E-state index in [0.29, 0.717) is 17.7 Å². The number of nitrogens with two attached hydrogens (primary N) is 1. The van der Waals surface area contributed by atoms with Crippen molar-refractivity contribution in [2.75, 3.05) is 12.4 Å². The van der Waals surface area contributed by atoms with Crippen LogP contribution in [-0.2, 0) is 30.7 Å². The number of ether oxygens (including phenoxy) is 2. The van der Waals surface area contributed by atoms with Gasteiger partial charge in [0.2, 0.25) is 10.0 Å². The summed E-state index contributed by atoms with van der Waals surface area (Å²) in [6.45, 7) is 4.73. The maximum Gasteiger partial charge on any atom is 0.355 e. The molecule has 10 nitrogen and oxygen atoms in total. The number of hydrogen-bond acceptors (Lipinski definition) is 7. The van der Waals surface area contributed by atoms with Gasteiger partial charge in [-0.25, -0.2) is 23.1 Å². The minimum absolute atomic E-state index is 0.0446. The Labute approximate surface area is 173 Å². The van der Waals surface area contributed by atoms with E-state index in [1.165, 1.54) is 38.3 Å². The SMILES string of the molecule is CCc1[nH]c(C(=O)OC(C)C(=O)Nc2cccc(S(N)(=O)=O)c2)c(C)c1C(=O)OC. The molecule has 0 aliphatic heterocycles. The number of aromatic amines is 1. The summed E-state index contributed by atoms with van der Waals surface area (Å²) in [4.78, 5) is 39.5. The van der Waals surface area contributed by atoms with Crippen LogP contribution in [0.1, 0.15) is 46.0 Å². The van der Waals surface area contributed by atoms with Gasteiger partial charge in [0.15, 0.2) is 6.10 Å². The second-order valence-electron chi connectivity index (χ2n) is 6.43. The summed E-state index contributed by atoms with van der Waals surface area (Å²) in [6, 6.07) is 5.35. The number of anilines is 1. The van der Waals surface area contributed by atoms with Crippen LogP contribution in [0.5, 0.6) is 0 Å². The van der Waals surface area contributed by atoms with Crippen LogP contribution in [-0.4, -0.2) is 44.5 Å². The van der Waals surface area contributed by atoms with E-state index in [0.717, 1.165) is 0 Å². The van der Waals surface area contributed by atoms with Crippen molar-refractivity contribution in [2.24, 2.45) is 5.14 Å². The van der Waals surface area contributed by atoms with E-state index in [-0.39, 0.29) is 21.8 Å². The van der Waals surface area contributed by atoms with E-state index in [1.54, 1.807) is 13.8 Å². The number of rotatable bonds is 7. The van der Waals surface area contributed by atoms with Gasteiger partial charge in [0.25, 0.3) is 5.91 Å². The fourth-order valence-electron chi connectivity index (χ4n) is 2.77. The second kappa shape index (κ2) is 9.09. The largest absolute Gasteiger partial charge is 0.465 e. The molecule has 0 saturated carbocycles. The molecule has 30 heavy (non-hydrogen) atoms. The molecular weight excluding hydrogens is 414 g/mol. The normalized spacial score (nSPS) is 12.2. The molecule has 162 valence electrons. The average Bonchev–Trinajstić information content (AvgIpc) is 3.03. The summed E-state index contributed by atoms with van der Waals surface area (Å²) < 4.78 is 32.8. The van der Waals surface area contributed by atoms with Crippen LogP contribution in [0.15, 0.2) is 29.2 Å². The van der Waals surface area contributed by atoms with Gasteiger partial charge in [-0.15, -0.1) is 0 Å². The first-order chi connectivity index (χ1) is 14.0. The zero-order chi connectivity index (χ0) is 22.6. The number of aromatic nitrogens is 1. The molecule has 11 heteroatoms. The minimum atomic E-state index is -3.93. The molecule has 0 aliphatic rings. The minimum Gasteiger partial charge on any atom is -0.465 e. The van der Waals surface area contributed by atoms with Crippen LogP contribution in [0.25, 0.3) is 0 Å². The standard InChI is InChI=1S/C19H23N3O7S/c1-5-14-15(18(24)28-4)10(2)16(22-14)19(25)29-11(3)17(23)21-12-7-6-8-13(9-12)30(20,26)27/h6-9,11,22H,5H2,1-4H3,(H,21,23)(H2,20,26,27). The molecule has 0 bridgehead atoms. The monoisotopic (exact) mass is 437 g/mol. The molecule has 0 fully saturated rings. The van der Waals surface area contributed by atoms with Gasteiger partial charge in [-0.1, -0.05) is 13.0 Å². The van der Waals surface area contributed by atoms with Gasteiger partial charge >= 0.3 is 11.9 Å². The lowest BCUT2D eigenvalue weighted by molar-refractivity contribution is -0.123. The first-order valence-corrected chi connectivity index (χ1v) is 10.5. The Balaban J connectivity index is 2.15. The second-order valence-corrected chi connectivity index (χ2v) is 7.99.